The molecular formula is C10H16N2. The number of aryl methyl sites for hydroxylation is 3. The third-order valence-electron chi connectivity index (χ3n) is 1.98. The minimum Gasteiger partial charge on any atom is -0.330 e. The second-order valence-electron chi connectivity index (χ2n) is 3.15. The van der Waals surface area contributed by atoms with Crippen LogP contribution in [0.2, 0.25) is 0 Å². The molecular weight excluding hydrogens is 148 g/mol. The summed E-state index contributed by atoms with van der Waals surface area (Å²) in [5.74, 6) is 0. The van der Waals surface area contributed by atoms with Crippen molar-refractivity contribution >= 4 is 0 Å². The van der Waals surface area contributed by atoms with E-state index in [2.05, 4.69) is 18.0 Å². The summed E-state index contributed by atoms with van der Waals surface area (Å²) < 4.78 is 0. The summed E-state index contributed by atoms with van der Waals surface area (Å²) in [6, 6.07) is 2.19. The van der Waals surface area contributed by atoms with Crippen LogP contribution >= 0.6 is 0 Å². The monoisotopic (exact) mass is 164 g/mol. The van der Waals surface area contributed by atoms with E-state index in [4.69, 9.17) is 5.73 Å². The molecule has 2 N–H and O–H groups in total. The second-order valence-corrected chi connectivity index (χ2v) is 3.15. The van der Waals surface area contributed by atoms with E-state index in [1.165, 1.54) is 11.1 Å². The molecule has 0 atom stereocenters. The lowest BCUT2D eigenvalue weighted by atomic mass is 10.1. The zero-order valence-electron chi connectivity index (χ0n) is 7.80. The number of nitrogens with zero attached hydrogens (tertiary/aromatic N) is 1. The highest BCUT2D eigenvalue weighted by atomic mass is 14.7. The van der Waals surface area contributed by atoms with Crippen LogP contribution in [0.5, 0.6) is 0 Å². The van der Waals surface area contributed by atoms with E-state index >= 15 is 0 Å². The molecule has 0 aliphatic heterocycles. The third kappa shape index (κ3) is 2.31. The largest absolute Gasteiger partial charge is 0.330 e. The van der Waals surface area contributed by atoms with Crippen LogP contribution in [0.1, 0.15) is 23.2 Å². The van der Waals surface area contributed by atoms with E-state index in [1.54, 1.807) is 0 Å². The molecule has 1 aromatic rings. The van der Waals surface area contributed by atoms with Gasteiger partial charge in [0.05, 0.1) is 0 Å². The van der Waals surface area contributed by atoms with Crippen LogP contribution in [0.4, 0.5) is 0 Å². The van der Waals surface area contributed by atoms with Gasteiger partial charge in [-0.2, -0.15) is 0 Å². The lowest BCUT2D eigenvalue weighted by Gasteiger charge is -2.04. The maximum absolute atomic E-state index is 5.44. The molecule has 1 rings (SSSR count). The van der Waals surface area contributed by atoms with Gasteiger partial charge in [0, 0.05) is 11.9 Å². The fourth-order valence-corrected chi connectivity index (χ4v) is 1.24. The van der Waals surface area contributed by atoms with Crippen molar-refractivity contribution in [1.29, 1.82) is 0 Å². The molecule has 0 aliphatic rings. The van der Waals surface area contributed by atoms with Crippen molar-refractivity contribution in [2.45, 2.75) is 26.7 Å². The molecule has 1 aromatic heterocycles. The fourth-order valence-electron chi connectivity index (χ4n) is 1.24. The number of hydrogen-bond donors (Lipinski definition) is 1. The van der Waals surface area contributed by atoms with Crippen molar-refractivity contribution in [3.05, 3.63) is 29.1 Å². The van der Waals surface area contributed by atoms with Crippen LogP contribution in [0, 0.1) is 13.8 Å². The minimum atomic E-state index is 0.757. The van der Waals surface area contributed by atoms with Crippen LogP contribution in [0.15, 0.2) is 12.3 Å². The Morgan fingerprint density at radius 2 is 2.17 bits per heavy atom. The lowest BCUT2D eigenvalue weighted by Crippen LogP contribution is -2.02. The molecule has 1 heterocycles. The molecule has 0 spiro atoms. The van der Waals surface area contributed by atoms with E-state index in [0.717, 1.165) is 25.1 Å². The van der Waals surface area contributed by atoms with Gasteiger partial charge in [-0.3, -0.25) is 4.98 Å². The Morgan fingerprint density at radius 1 is 1.42 bits per heavy atom. The van der Waals surface area contributed by atoms with Crippen LogP contribution in [-0.2, 0) is 6.42 Å². The highest BCUT2D eigenvalue weighted by Gasteiger charge is 1.98. The Morgan fingerprint density at radius 3 is 2.83 bits per heavy atom. The summed E-state index contributed by atoms with van der Waals surface area (Å²) in [5.41, 5.74) is 9.14. The molecule has 0 aromatic carbocycles. The maximum atomic E-state index is 5.44. The quantitative estimate of drug-likeness (QED) is 0.736. The number of hydrogen-bond acceptors (Lipinski definition) is 2. The van der Waals surface area contributed by atoms with Gasteiger partial charge in [0.1, 0.15) is 0 Å². The Kier molecular flexibility index (Phi) is 3.23. The van der Waals surface area contributed by atoms with Crippen molar-refractivity contribution in [1.82, 2.24) is 4.98 Å². The van der Waals surface area contributed by atoms with Gasteiger partial charge in [0.15, 0.2) is 0 Å². The molecule has 0 amide bonds. The van der Waals surface area contributed by atoms with Crippen molar-refractivity contribution < 1.29 is 0 Å². The Labute approximate surface area is 73.8 Å². The summed E-state index contributed by atoms with van der Waals surface area (Å²) >= 11 is 0. The SMILES string of the molecule is Cc1cnc(C)c(CCCN)c1. The van der Waals surface area contributed by atoms with E-state index < -0.39 is 0 Å². The van der Waals surface area contributed by atoms with Crippen LogP contribution < -0.4 is 5.73 Å². The van der Waals surface area contributed by atoms with E-state index in [9.17, 15) is 0 Å². The van der Waals surface area contributed by atoms with Crippen LogP contribution in [0.25, 0.3) is 0 Å². The topological polar surface area (TPSA) is 38.9 Å². The average Bonchev–Trinajstić information content (AvgIpc) is 2.07. The molecule has 0 aliphatic carbocycles. The summed E-state index contributed by atoms with van der Waals surface area (Å²) in [6.07, 6.45) is 4.00. The van der Waals surface area contributed by atoms with E-state index in [1.807, 2.05) is 13.1 Å². The summed E-state index contributed by atoms with van der Waals surface area (Å²) in [4.78, 5) is 4.29. The predicted octanol–water partition coefficient (Wildman–Crippen LogP) is 1.59. The Balaban J connectivity index is 2.75. The summed E-state index contributed by atoms with van der Waals surface area (Å²) in [7, 11) is 0. The van der Waals surface area contributed by atoms with Crippen LogP contribution in [-0.4, -0.2) is 11.5 Å². The normalized spacial score (nSPS) is 10.2. The molecule has 66 valence electrons. The first kappa shape index (κ1) is 9.20. The van der Waals surface area contributed by atoms with Crippen LogP contribution in [0.3, 0.4) is 0 Å². The first-order valence-electron chi connectivity index (χ1n) is 4.36. The summed E-state index contributed by atoms with van der Waals surface area (Å²) in [6.45, 7) is 4.87. The van der Waals surface area contributed by atoms with Gasteiger partial charge < -0.3 is 5.73 Å². The van der Waals surface area contributed by atoms with Gasteiger partial charge in [-0.15, -0.1) is 0 Å². The number of rotatable bonds is 3. The van der Waals surface area contributed by atoms with E-state index in [-0.39, 0.29) is 0 Å². The molecule has 0 unspecified atom stereocenters. The van der Waals surface area contributed by atoms with Gasteiger partial charge in [-0.1, -0.05) is 6.07 Å². The van der Waals surface area contributed by atoms with E-state index in [0.29, 0.717) is 0 Å². The maximum Gasteiger partial charge on any atom is 0.0404 e. The van der Waals surface area contributed by atoms with Gasteiger partial charge in [-0.05, 0) is 44.4 Å². The number of pyridine rings is 1. The molecule has 0 fully saturated rings. The average molecular weight is 164 g/mol. The zero-order chi connectivity index (χ0) is 8.97. The molecule has 0 bridgehead atoms. The minimum absolute atomic E-state index is 0.757. The van der Waals surface area contributed by atoms with Crippen molar-refractivity contribution in [3.8, 4) is 0 Å². The van der Waals surface area contributed by atoms with Gasteiger partial charge in [0.25, 0.3) is 0 Å². The molecule has 2 heteroatoms. The van der Waals surface area contributed by atoms with Gasteiger partial charge in [-0.25, -0.2) is 0 Å². The lowest BCUT2D eigenvalue weighted by molar-refractivity contribution is 0.820. The zero-order valence-corrected chi connectivity index (χ0v) is 7.80. The number of nitrogens with two attached hydrogens (primary N) is 1. The molecule has 12 heavy (non-hydrogen) atoms. The highest BCUT2D eigenvalue weighted by molar-refractivity contribution is 5.23. The first-order chi connectivity index (χ1) is 5.74. The predicted molar refractivity (Wildman–Crippen MR) is 51.1 cm³/mol. The molecule has 0 saturated heterocycles. The second kappa shape index (κ2) is 4.21. The molecule has 0 radical (unpaired) electrons. The fraction of sp³-hybridized carbons (Fsp3) is 0.500. The standard InChI is InChI=1S/C10H16N2/c1-8-6-10(4-3-5-11)9(2)12-7-8/h6-7H,3-5,11H2,1-2H3. The molecule has 0 saturated carbocycles. The third-order valence-corrected chi connectivity index (χ3v) is 1.98. The van der Waals surface area contributed by atoms with Crippen molar-refractivity contribution in [2.75, 3.05) is 6.54 Å². The highest BCUT2D eigenvalue weighted by Crippen LogP contribution is 2.09. The van der Waals surface area contributed by atoms with Gasteiger partial charge >= 0.3 is 0 Å². The van der Waals surface area contributed by atoms with Crippen molar-refractivity contribution in [3.63, 3.8) is 0 Å². The smallest absolute Gasteiger partial charge is 0.0404 e. The first-order valence-corrected chi connectivity index (χ1v) is 4.36. The molecule has 2 nitrogen and oxygen atoms in total. The number of aromatic nitrogens is 1. The van der Waals surface area contributed by atoms with Crippen molar-refractivity contribution in [2.24, 2.45) is 5.73 Å². The Hall–Kier alpha value is -0.890. The summed E-state index contributed by atoms with van der Waals surface area (Å²) in [5, 5.41) is 0. The Bertz CT molecular complexity index is 256. The van der Waals surface area contributed by atoms with Gasteiger partial charge in [0.2, 0.25) is 0 Å².